The number of methoxy groups -OCH3 is 3. The van der Waals surface area contributed by atoms with E-state index in [9.17, 15) is 23.2 Å². The molecule has 0 saturated heterocycles. The predicted octanol–water partition coefficient (Wildman–Crippen LogP) is 5.31. The highest BCUT2D eigenvalue weighted by Gasteiger charge is 2.33. The number of benzene rings is 2. The van der Waals surface area contributed by atoms with Crippen LogP contribution in [-0.2, 0) is 29.6 Å². The molecule has 0 atom stereocenters. The summed E-state index contributed by atoms with van der Waals surface area (Å²) in [5, 5.41) is 8.39. The number of halogens is 4. The monoisotopic (exact) mass is 704 g/mol. The molecule has 0 bridgehead atoms. The summed E-state index contributed by atoms with van der Waals surface area (Å²) < 4.78 is 43.1. The number of esters is 1. The molecule has 2 aromatic rings. The molecule has 0 fully saturated rings. The predicted molar refractivity (Wildman–Crippen MR) is 136 cm³/mol. The molecule has 1 N–H and O–H groups in total. The van der Waals surface area contributed by atoms with Crippen molar-refractivity contribution in [1.82, 2.24) is 0 Å². The summed E-state index contributed by atoms with van der Waals surface area (Å²) >= 11 is 3.91. The summed E-state index contributed by atoms with van der Waals surface area (Å²) in [6, 6.07) is 8.45. The van der Waals surface area contributed by atoms with Gasteiger partial charge in [-0.2, -0.15) is 0 Å². The van der Waals surface area contributed by atoms with Gasteiger partial charge >= 0.3 is 11.9 Å². The minimum Gasteiger partial charge on any atom is -0.481 e. The number of aliphatic carboxylic acids is 1. The van der Waals surface area contributed by atoms with Gasteiger partial charge in [-0.3, -0.25) is 14.4 Å². The van der Waals surface area contributed by atoms with E-state index in [-0.39, 0.29) is 48.8 Å². The molecule has 0 aromatic heterocycles. The molecule has 0 unspecified atom stereocenters. The van der Waals surface area contributed by atoms with E-state index in [2.05, 4.69) is 4.74 Å². The van der Waals surface area contributed by atoms with Crippen LogP contribution in [0.5, 0.6) is 0 Å². The van der Waals surface area contributed by atoms with Crippen LogP contribution >= 0.6 is 45.2 Å². The third-order valence-electron chi connectivity index (χ3n) is 4.60. The van der Waals surface area contributed by atoms with Crippen LogP contribution in [0.25, 0.3) is 0 Å². The molecule has 7 nitrogen and oxygen atoms in total. The number of carbonyl (C=O) groups is 3. The van der Waals surface area contributed by atoms with Crippen LogP contribution in [0, 0.1) is 18.8 Å². The largest absolute Gasteiger partial charge is 0.481 e. The summed E-state index contributed by atoms with van der Waals surface area (Å²) in [6.07, 6.45) is 0.0261. The maximum absolute atomic E-state index is 13.5. The first-order valence-electron chi connectivity index (χ1n) is 9.81. The number of rotatable bonds is 10. The van der Waals surface area contributed by atoms with Crippen LogP contribution in [0.1, 0.15) is 41.6 Å². The Morgan fingerprint density at radius 1 is 0.853 bits per heavy atom. The van der Waals surface area contributed by atoms with Crippen molar-refractivity contribution < 1.29 is 42.5 Å². The quantitative estimate of drug-likeness (QED) is 0.155. The summed E-state index contributed by atoms with van der Waals surface area (Å²) in [5.41, 5.74) is 0.756. The van der Waals surface area contributed by atoms with Crippen LogP contribution < -0.4 is 0 Å². The van der Waals surface area contributed by atoms with E-state index < -0.39 is 17.6 Å². The van der Waals surface area contributed by atoms with Crippen molar-refractivity contribution in [2.75, 3.05) is 21.3 Å². The molecule has 0 amide bonds. The lowest BCUT2D eigenvalue weighted by Crippen LogP contribution is -2.32. The first-order chi connectivity index (χ1) is 16.0. The van der Waals surface area contributed by atoms with Crippen LogP contribution in [0.3, 0.4) is 0 Å². The Balaban J connectivity index is 0.000000350. The Morgan fingerprint density at radius 3 is 1.88 bits per heavy atom. The van der Waals surface area contributed by atoms with Crippen LogP contribution in [0.4, 0.5) is 8.78 Å². The Kier molecular flexibility index (Phi) is 13.1. The van der Waals surface area contributed by atoms with Gasteiger partial charge in [0.05, 0.1) is 20.0 Å². The molecule has 0 aliphatic carbocycles. The fraction of sp³-hybridized carbons (Fsp3) is 0.348. The minimum atomic E-state index is -1.16. The zero-order valence-corrected chi connectivity index (χ0v) is 23.0. The van der Waals surface area contributed by atoms with Gasteiger partial charge in [0.15, 0.2) is 11.6 Å². The average molecular weight is 704 g/mol. The summed E-state index contributed by atoms with van der Waals surface area (Å²) in [6.45, 7) is 0. The molecular weight excluding hydrogens is 680 g/mol. The Morgan fingerprint density at radius 2 is 1.41 bits per heavy atom. The molecule has 0 saturated carbocycles. The second kappa shape index (κ2) is 14.6. The number of ketones is 1. The Labute approximate surface area is 223 Å². The number of ether oxygens (including phenoxy) is 3. The Bertz CT molecular complexity index is 970. The molecule has 0 spiro atoms. The Hall–Kier alpha value is -1.71. The fourth-order valence-corrected chi connectivity index (χ4v) is 4.16. The molecule has 34 heavy (non-hydrogen) atoms. The van der Waals surface area contributed by atoms with Gasteiger partial charge in [0.1, 0.15) is 11.6 Å². The number of hydrogen-bond donors (Lipinski definition) is 1. The average Bonchev–Trinajstić information content (AvgIpc) is 2.77. The number of carbonyl (C=O) groups excluding carboxylic acids is 2. The van der Waals surface area contributed by atoms with Gasteiger partial charge in [-0.25, -0.2) is 8.78 Å². The molecule has 2 rings (SSSR count). The third kappa shape index (κ3) is 9.88. The van der Waals surface area contributed by atoms with Crippen molar-refractivity contribution in [3.63, 3.8) is 0 Å². The number of Topliss-reactive ketones (excluding diaryl/α,β-unsaturated/α-hetero) is 1. The lowest BCUT2D eigenvalue weighted by Gasteiger charge is -2.31. The number of hydrogen-bond acceptors (Lipinski definition) is 6. The lowest BCUT2D eigenvalue weighted by molar-refractivity contribution is -0.222. The summed E-state index contributed by atoms with van der Waals surface area (Å²) in [4.78, 5) is 32.9. The van der Waals surface area contributed by atoms with Gasteiger partial charge in [-0.05, 0) is 81.6 Å². The third-order valence-corrected chi connectivity index (χ3v) is 5.84. The first-order valence-corrected chi connectivity index (χ1v) is 12.0. The summed E-state index contributed by atoms with van der Waals surface area (Å²) in [5.74, 6) is -3.77. The normalized spacial score (nSPS) is 10.8. The van der Waals surface area contributed by atoms with Crippen LogP contribution in [-0.4, -0.2) is 44.2 Å². The molecule has 0 aliphatic rings. The van der Waals surface area contributed by atoms with Crippen molar-refractivity contribution in [1.29, 1.82) is 0 Å². The van der Waals surface area contributed by atoms with Gasteiger partial charge in [-0.15, -0.1) is 0 Å². The van der Waals surface area contributed by atoms with Gasteiger partial charge in [-0.1, -0.05) is 0 Å². The van der Waals surface area contributed by atoms with Gasteiger partial charge in [0.2, 0.25) is 0 Å². The molecule has 2 aromatic carbocycles. The second-order valence-corrected chi connectivity index (χ2v) is 9.36. The molecular formula is C23H24F2I2O7. The number of carboxylic acid groups (broad SMARTS) is 1. The molecule has 0 radical (unpaired) electrons. The van der Waals surface area contributed by atoms with Crippen molar-refractivity contribution in [2.24, 2.45) is 0 Å². The molecule has 11 heteroatoms. The van der Waals surface area contributed by atoms with E-state index in [0.29, 0.717) is 9.13 Å². The zero-order valence-electron chi connectivity index (χ0n) is 18.7. The maximum atomic E-state index is 13.5. The first kappa shape index (κ1) is 30.3. The van der Waals surface area contributed by atoms with E-state index in [0.717, 1.165) is 9.64 Å². The van der Waals surface area contributed by atoms with E-state index in [4.69, 9.17) is 14.6 Å². The van der Waals surface area contributed by atoms with Gasteiger partial charge in [0, 0.05) is 45.3 Å². The lowest BCUT2D eigenvalue weighted by atomic mass is 10.00. The zero-order chi connectivity index (χ0) is 25.9. The number of carboxylic acids is 1. The highest BCUT2D eigenvalue weighted by Crippen LogP contribution is 2.32. The van der Waals surface area contributed by atoms with Gasteiger partial charge < -0.3 is 19.3 Å². The highest BCUT2D eigenvalue weighted by molar-refractivity contribution is 14.1. The van der Waals surface area contributed by atoms with Crippen molar-refractivity contribution in [3.05, 3.63) is 66.3 Å². The molecule has 0 aliphatic heterocycles. The standard InChI is InChI=1S/C13H16FIO4.C10H8FIO3/c1-17-12(16)4-5-13(18-2,19-3)9-6-10(14)8-11(15)7-9;11-7-3-6(4-8(12)5-7)9(13)1-2-10(14)15/h6-8H,4-5H2,1-3H3;3-5H,1-2H2,(H,14,15). The SMILES string of the molecule is COC(=O)CCC(OC)(OC)c1cc(F)cc(I)c1.O=C(O)CCC(=O)c1cc(F)cc(I)c1. The van der Waals surface area contributed by atoms with E-state index >= 15 is 0 Å². The topological polar surface area (TPSA) is 99.1 Å². The van der Waals surface area contributed by atoms with Crippen LogP contribution in [0.15, 0.2) is 36.4 Å². The summed E-state index contributed by atoms with van der Waals surface area (Å²) in [7, 11) is 4.23. The van der Waals surface area contributed by atoms with E-state index in [1.54, 1.807) is 6.07 Å². The smallest absolute Gasteiger partial charge is 0.305 e. The van der Waals surface area contributed by atoms with Crippen molar-refractivity contribution in [3.8, 4) is 0 Å². The second-order valence-electron chi connectivity index (χ2n) is 6.87. The maximum Gasteiger partial charge on any atom is 0.305 e. The van der Waals surface area contributed by atoms with E-state index in [1.807, 2.05) is 45.2 Å². The van der Waals surface area contributed by atoms with E-state index in [1.165, 1.54) is 45.6 Å². The molecule has 186 valence electrons. The van der Waals surface area contributed by atoms with Crippen molar-refractivity contribution in [2.45, 2.75) is 31.5 Å². The van der Waals surface area contributed by atoms with Crippen molar-refractivity contribution >= 4 is 62.9 Å². The highest BCUT2D eigenvalue weighted by atomic mass is 127. The minimum absolute atomic E-state index is 0.102. The van der Waals surface area contributed by atoms with Gasteiger partial charge in [0.25, 0.3) is 0 Å². The molecule has 0 heterocycles. The van der Waals surface area contributed by atoms with Crippen LogP contribution in [0.2, 0.25) is 0 Å². The fourth-order valence-electron chi connectivity index (χ4n) is 2.89.